The molecule has 0 amide bonds. The van der Waals surface area contributed by atoms with Gasteiger partial charge in [-0.1, -0.05) is 23.2 Å². The molecule has 0 radical (unpaired) electrons. The molecule has 2 rings (SSSR count). The summed E-state index contributed by atoms with van der Waals surface area (Å²) in [6.07, 6.45) is 2.29. The fourth-order valence-electron chi connectivity index (χ4n) is 2.29. The third-order valence-corrected chi connectivity index (χ3v) is 4.00. The fourth-order valence-corrected chi connectivity index (χ4v) is 2.77. The van der Waals surface area contributed by atoms with Crippen LogP contribution in [-0.2, 0) is 9.53 Å². The van der Waals surface area contributed by atoms with E-state index in [-0.39, 0.29) is 27.8 Å². The van der Waals surface area contributed by atoms with Crippen LogP contribution in [0.25, 0.3) is 5.76 Å². The SMILES string of the molecule is CCOC(=O)/C(C1=NCCCC1)=C(\O)c1cc(F)c(Cl)cc1Cl. The number of carbonyl (C=O) groups is 1. The Labute approximate surface area is 143 Å². The Balaban J connectivity index is 2.59. The Morgan fingerprint density at radius 1 is 1.35 bits per heavy atom. The topological polar surface area (TPSA) is 58.9 Å². The van der Waals surface area contributed by atoms with Gasteiger partial charge in [-0.3, -0.25) is 4.99 Å². The maximum absolute atomic E-state index is 13.7. The third-order valence-electron chi connectivity index (χ3n) is 3.39. The number of rotatable bonds is 4. The molecule has 124 valence electrons. The summed E-state index contributed by atoms with van der Waals surface area (Å²) < 4.78 is 18.7. The zero-order valence-corrected chi connectivity index (χ0v) is 14.0. The highest BCUT2D eigenvalue weighted by molar-refractivity contribution is 6.36. The molecule has 0 unspecified atom stereocenters. The van der Waals surface area contributed by atoms with Gasteiger partial charge in [0.25, 0.3) is 0 Å². The molecule has 0 saturated carbocycles. The summed E-state index contributed by atoms with van der Waals surface area (Å²) in [6.45, 7) is 2.37. The van der Waals surface area contributed by atoms with E-state index >= 15 is 0 Å². The van der Waals surface area contributed by atoms with Crippen LogP contribution in [-0.4, -0.2) is 29.9 Å². The van der Waals surface area contributed by atoms with Crippen molar-refractivity contribution in [3.05, 3.63) is 39.1 Å². The molecule has 0 aliphatic carbocycles. The molecule has 0 aromatic heterocycles. The quantitative estimate of drug-likeness (QED) is 0.370. The van der Waals surface area contributed by atoms with Gasteiger partial charge in [0, 0.05) is 12.1 Å². The van der Waals surface area contributed by atoms with Crippen molar-refractivity contribution in [2.45, 2.75) is 26.2 Å². The molecule has 1 aromatic rings. The van der Waals surface area contributed by atoms with Crippen LogP contribution in [0.1, 0.15) is 31.7 Å². The first-order valence-electron chi connectivity index (χ1n) is 7.24. The fraction of sp³-hybridized carbons (Fsp3) is 0.375. The summed E-state index contributed by atoms with van der Waals surface area (Å²) in [5.41, 5.74) is 0.346. The molecule has 23 heavy (non-hydrogen) atoms. The monoisotopic (exact) mass is 359 g/mol. The van der Waals surface area contributed by atoms with Gasteiger partial charge >= 0.3 is 5.97 Å². The zero-order valence-electron chi connectivity index (χ0n) is 12.5. The molecular weight excluding hydrogens is 344 g/mol. The minimum atomic E-state index is -0.744. The average molecular weight is 360 g/mol. The minimum absolute atomic E-state index is 0.0232. The first-order valence-corrected chi connectivity index (χ1v) is 8.00. The summed E-state index contributed by atoms with van der Waals surface area (Å²) in [5, 5.41) is 10.4. The van der Waals surface area contributed by atoms with Crippen LogP contribution in [0.5, 0.6) is 0 Å². The lowest BCUT2D eigenvalue weighted by atomic mass is 9.98. The van der Waals surface area contributed by atoms with Crippen LogP contribution >= 0.6 is 23.2 Å². The Morgan fingerprint density at radius 3 is 2.70 bits per heavy atom. The molecule has 1 heterocycles. The Kier molecular flexibility index (Phi) is 6.02. The van der Waals surface area contributed by atoms with Gasteiger partial charge in [0.2, 0.25) is 0 Å². The van der Waals surface area contributed by atoms with E-state index in [1.807, 2.05) is 0 Å². The van der Waals surface area contributed by atoms with E-state index in [9.17, 15) is 14.3 Å². The predicted molar refractivity (Wildman–Crippen MR) is 88.8 cm³/mol. The number of ether oxygens (including phenoxy) is 1. The van der Waals surface area contributed by atoms with Gasteiger partial charge in [0.05, 0.1) is 22.4 Å². The largest absolute Gasteiger partial charge is 0.506 e. The van der Waals surface area contributed by atoms with E-state index < -0.39 is 17.5 Å². The Morgan fingerprint density at radius 2 is 2.09 bits per heavy atom. The Bertz CT molecular complexity index is 686. The number of benzene rings is 1. The van der Waals surface area contributed by atoms with Crippen molar-refractivity contribution < 1.29 is 19.0 Å². The maximum Gasteiger partial charge on any atom is 0.343 e. The first-order chi connectivity index (χ1) is 11.0. The van der Waals surface area contributed by atoms with Crippen LogP contribution < -0.4 is 0 Å². The van der Waals surface area contributed by atoms with E-state index in [1.165, 1.54) is 6.07 Å². The molecule has 4 nitrogen and oxygen atoms in total. The first kappa shape index (κ1) is 17.8. The third kappa shape index (κ3) is 4.03. The molecule has 0 bridgehead atoms. The molecule has 1 aliphatic rings. The smallest absolute Gasteiger partial charge is 0.343 e. The molecule has 1 N–H and O–H groups in total. The molecule has 0 saturated heterocycles. The van der Waals surface area contributed by atoms with Crippen LogP contribution in [0.4, 0.5) is 4.39 Å². The van der Waals surface area contributed by atoms with Crippen molar-refractivity contribution in [3.8, 4) is 0 Å². The van der Waals surface area contributed by atoms with Crippen LogP contribution in [0, 0.1) is 5.82 Å². The van der Waals surface area contributed by atoms with Crippen LogP contribution in [0.2, 0.25) is 10.0 Å². The molecule has 0 spiro atoms. The van der Waals surface area contributed by atoms with Gasteiger partial charge in [-0.05, 0) is 38.3 Å². The molecule has 7 heteroatoms. The lowest BCUT2D eigenvalue weighted by Crippen LogP contribution is -2.20. The number of aliphatic hydroxyl groups is 1. The van der Waals surface area contributed by atoms with Gasteiger partial charge in [-0.15, -0.1) is 0 Å². The maximum atomic E-state index is 13.7. The highest BCUT2D eigenvalue weighted by Gasteiger charge is 2.26. The standard InChI is InChI=1S/C16H16Cl2FNO3/c1-2-23-16(22)14(13-5-3-4-6-20-13)15(21)9-7-12(19)11(18)8-10(9)17/h7-8,21H,2-6H2,1H3/b15-14-. The highest BCUT2D eigenvalue weighted by atomic mass is 35.5. The predicted octanol–water partition coefficient (Wildman–Crippen LogP) is 4.59. The summed E-state index contributed by atoms with van der Waals surface area (Å²) in [7, 11) is 0. The zero-order chi connectivity index (χ0) is 17.0. The second-order valence-electron chi connectivity index (χ2n) is 4.98. The van der Waals surface area contributed by atoms with E-state index in [2.05, 4.69) is 4.99 Å². The number of carbonyl (C=O) groups excluding carboxylic acids is 1. The van der Waals surface area contributed by atoms with Gasteiger partial charge in [-0.25, -0.2) is 9.18 Å². The minimum Gasteiger partial charge on any atom is -0.506 e. The Hall–Kier alpha value is -1.59. The molecule has 1 aromatic carbocycles. The number of aliphatic imine (C=N–C) groups is 1. The second-order valence-corrected chi connectivity index (χ2v) is 5.79. The van der Waals surface area contributed by atoms with E-state index in [4.69, 9.17) is 27.9 Å². The number of hydrogen-bond acceptors (Lipinski definition) is 4. The summed E-state index contributed by atoms with van der Waals surface area (Å²) >= 11 is 11.7. The van der Waals surface area contributed by atoms with Crippen molar-refractivity contribution in [3.63, 3.8) is 0 Å². The average Bonchev–Trinajstić information content (AvgIpc) is 2.52. The molecular formula is C16H16Cl2FNO3. The van der Waals surface area contributed by atoms with Gasteiger partial charge in [0.1, 0.15) is 17.1 Å². The van der Waals surface area contributed by atoms with Crippen molar-refractivity contribution in [2.24, 2.45) is 4.99 Å². The number of esters is 1. The van der Waals surface area contributed by atoms with E-state index in [1.54, 1.807) is 6.92 Å². The van der Waals surface area contributed by atoms with Crippen molar-refractivity contribution in [1.29, 1.82) is 0 Å². The van der Waals surface area contributed by atoms with E-state index in [0.29, 0.717) is 18.7 Å². The number of hydrogen-bond donors (Lipinski definition) is 1. The van der Waals surface area contributed by atoms with Crippen molar-refractivity contribution in [2.75, 3.05) is 13.2 Å². The highest BCUT2D eigenvalue weighted by Crippen LogP contribution is 2.31. The summed E-state index contributed by atoms with van der Waals surface area (Å²) in [6, 6.07) is 2.16. The summed E-state index contributed by atoms with van der Waals surface area (Å²) in [5.74, 6) is -1.91. The van der Waals surface area contributed by atoms with Crippen LogP contribution in [0.3, 0.4) is 0 Å². The van der Waals surface area contributed by atoms with Crippen LogP contribution in [0.15, 0.2) is 22.7 Å². The van der Waals surface area contributed by atoms with Gasteiger partial charge in [0.15, 0.2) is 0 Å². The lowest BCUT2D eigenvalue weighted by molar-refractivity contribution is -0.137. The number of aliphatic hydroxyl groups excluding tert-OH is 1. The van der Waals surface area contributed by atoms with Crippen molar-refractivity contribution in [1.82, 2.24) is 0 Å². The second kappa shape index (κ2) is 7.79. The van der Waals surface area contributed by atoms with Crippen molar-refractivity contribution >= 4 is 40.6 Å². The molecule has 0 fully saturated rings. The van der Waals surface area contributed by atoms with Gasteiger partial charge in [-0.2, -0.15) is 0 Å². The summed E-state index contributed by atoms with van der Waals surface area (Å²) in [4.78, 5) is 16.5. The lowest BCUT2D eigenvalue weighted by Gasteiger charge is -2.16. The number of halogens is 3. The molecule has 1 aliphatic heterocycles. The van der Waals surface area contributed by atoms with E-state index in [0.717, 1.165) is 18.9 Å². The molecule has 0 atom stereocenters. The normalized spacial score (nSPS) is 15.7. The number of nitrogens with zero attached hydrogens (tertiary/aromatic N) is 1. The van der Waals surface area contributed by atoms with Gasteiger partial charge < -0.3 is 9.84 Å².